The van der Waals surface area contributed by atoms with E-state index in [4.69, 9.17) is 21.7 Å². The summed E-state index contributed by atoms with van der Waals surface area (Å²) in [5.74, 6) is 0.750. The first-order chi connectivity index (χ1) is 16.5. The summed E-state index contributed by atoms with van der Waals surface area (Å²) in [6.45, 7) is 0.560. The number of likely N-dealkylation sites (N-methyl/N-ethyl adjacent to an activating group) is 1. The number of halogens is 2. The molecule has 6 nitrogen and oxygen atoms in total. The van der Waals surface area contributed by atoms with Gasteiger partial charge in [0, 0.05) is 48.9 Å². The summed E-state index contributed by atoms with van der Waals surface area (Å²) in [7, 11) is 1.78. The van der Waals surface area contributed by atoms with Crippen molar-refractivity contribution in [1.29, 1.82) is 0 Å². The molecule has 0 saturated carbocycles. The Hall–Kier alpha value is -3.58. The Morgan fingerprint density at radius 2 is 1.91 bits per heavy atom. The fraction of sp³-hybridized carbons (Fsp3) is 0.231. The molecule has 1 amide bonds. The monoisotopic (exact) mass is 475 g/mol. The topological polar surface area (TPSA) is 63.9 Å². The van der Waals surface area contributed by atoms with Gasteiger partial charge >= 0.3 is 0 Å². The molecule has 172 valence electrons. The summed E-state index contributed by atoms with van der Waals surface area (Å²) in [6, 6.07) is 19.3. The minimum Gasteiger partial charge on any atom is -0.338 e. The van der Waals surface area contributed by atoms with Crippen LogP contribution in [-0.4, -0.2) is 37.6 Å². The van der Waals surface area contributed by atoms with E-state index in [9.17, 15) is 9.18 Å². The predicted molar refractivity (Wildman–Crippen MR) is 128 cm³/mol. The van der Waals surface area contributed by atoms with Gasteiger partial charge in [0.15, 0.2) is 5.82 Å². The lowest BCUT2D eigenvalue weighted by Gasteiger charge is -2.25. The second-order valence-corrected chi connectivity index (χ2v) is 8.85. The van der Waals surface area contributed by atoms with Crippen molar-refractivity contribution in [3.05, 3.63) is 101 Å². The standard InChI is InChI=1S/C26H23ClFN5O/c1-32-23(34)16-22(24(32)17-8-10-20(28)11-9-17)26-30-25(18-5-4-6-19(27)15-18)31-33(26)14-12-21-7-2-3-13-29-21/h2-11,13,15,22,24H,12,14,16H2,1H3/t22-,24+/m0/s1. The largest absolute Gasteiger partial charge is 0.338 e. The number of nitrogens with zero attached hydrogens (tertiary/aromatic N) is 5. The van der Waals surface area contributed by atoms with Crippen molar-refractivity contribution in [2.45, 2.75) is 31.3 Å². The lowest BCUT2D eigenvalue weighted by molar-refractivity contribution is -0.127. The molecule has 0 bridgehead atoms. The number of amides is 1. The highest BCUT2D eigenvalue weighted by atomic mass is 35.5. The van der Waals surface area contributed by atoms with E-state index >= 15 is 0 Å². The van der Waals surface area contributed by atoms with Crippen molar-refractivity contribution in [3.63, 3.8) is 0 Å². The molecule has 0 aliphatic carbocycles. The first-order valence-corrected chi connectivity index (χ1v) is 11.5. The van der Waals surface area contributed by atoms with Gasteiger partial charge in [0.25, 0.3) is 0 Å². The Morgan fingerprint density at radius 3 is 2.65 bits per heavy atom. The number of likely N-dealkylation sites (tertiary alicyclic amines) is 1. The summed E-state index contributed by atoms with van der Waals surface area (Å²) in [6.07, 6.45) is 2.74. The second-order valence-electron chi connectivity index (χ2n) is 8.41. The summed E-state index contributed by atoms with van der Waals surface area (Å²) in [5.41, 5.74) is 2.62. The van der Waals surface area contributed by atoms with Crippen LogP contribution >= 0.6 is 11.6 Å². The molecule has 1 aliphatic rings. The van der Waals surface area contributed by atoms with Crippen LogP contribution in [0.5, 0.6) is 0 Å². The van der Waals surface area contributed by atoms with Crippen molar-refractivity contribution in [3.8, 4) is 11.4 Å². The molecule has 0 radical (unpaired) electrons. The smallest absolute Gasteiger partial charge is 0.223 e. The molecule has 1 aliphatic heterocycles. The average molecular weight is 476 g/mol. The number of benzene rings is 2. The Bertz CT molecular complexity index is 1310. The molecular formula is C26H23ClFN5O. The average Bonchev–Trinajstić information content (AvgIpc) is 3.40. The maximum atomic E-state index is 13.6. The minimum atomic E-state index is -0.311. The molecule has 0 spiro atoms. The fourth-order valence-corrected chi connectivity index (χ4v) is 4.72. The van der Waals surface area contributed by atoms with Gasteiger partial charge in [-0.1, -0.05) is 41.9 Å². The van der Waals surface area contributed by atoms with Gasteiger partial charge in [0.05, 0.1) is 12.0 Å². The summed E-state index contributed by atoms with van der Waals surface area (Å²) < 4.78 is 15.5. The zero-order chi connectivity index (χ0) is 23.7. The van der Waals surface area contributed by atoms with Crippen LogP contribution in [0.1, 0.15) is 35.5 Å². The van der Waals surface area contributed by atoms with E-state index in [0.717, 1.165) is 22.6 Å². The lowest BCUT2D eigenvalue weighted by Crippen LogP contribution is -2.25. The molecule has 5 rings (SSSR count). The Kier molecular flexibility index (Phi) is 6.11. The molecule has 1 fully saturated rings. The molecular weight excluding hydrogens is 453 g/mol. The van der Waals surface area contributed by atoms with E-state index in [1.54, 1.807) is 36.3 Å². The van der Waals surface area contributed by atoms with Gasteiger partial charge in [0.1, 0.15) is 11.6 Å². The number of pyridine rings is 1. The Labute approximate surface area is 202 Å². The Morgan fingerprint density at radius 1 is 1.09 bits per heavy atom. The molecule has 2 atom stereocenters. The van der Waals surface area contributed by atoms with Crippen molar-refractivity contribution < 1.29 is 9.18 Å². The number of hydrogen-bond acceptors (Lipinski definition) is 4. The van der Waals surface area contributed by atoms with Gasteiger partial charge in [-0.25, -0.2) is 14.1 Å². The van der Waals surface area contributed by atoms with Crippen LogP contribution in [-0.2, 0) is 17.8 Å². The quantitative estimate of drug-likeness (QED) is 0.391. The third kappa shape index (κ3) is 4.43. The number of carbonyl (C=O) groups excluding carboxylic acids is 1. The van der Waals surface area contributed by atoms with Crippen LogP contribution < -0.4 is 0 Å². The van der Waals surface area contributed by atoms with Crippen LogP contribution in [0.4, 0.5) is 4.39 Å². The van der Waals surface area contributed by atoms with Gasteiger partial charge in [-0.15, -0.1) is 0 Å². The molecule has 0 N–H and O–H groups in total. The molecule has 3 heterocycles. The molecule has 34 heavy (non-hydrogen) atoms. The normalized spacial score (nSPS) is 18.0. The summed E-state index contributed by atoms with van der Waals surface area (Å²) >= 11 is 6.21. The summed E-state index contributed by atoms with van der Waals surface area (Å²) in [4.78, 5) is 23.8. The highest BCUT2D eigenvalue weighted by molar-refractivity contribution is 6.30. The van der Waals surface area contributed by atoms with E-state index < -0.39 is 0 Å². The van der Waals surface area contributed by atoms with Gasteiger partial charge in [0.2, 0.25) is 5.91 Å². The lowest BCUT2D eigenvalue weighted by atomic mass is 9.93. The number of aromatic nitrogens is 4. The first-order valence-electron chi connectivity index (χ1n) is 11.1. The van der Waals surface area contributed by atoms with Crippen molar-refractivity contribution in [2.75, 3.05) is 7.05 Å². The Balaban J connectivity index is 1.56. The van der Waals surface area contributed by atoms with Crippen LogP contribution in [0.25, 0.3) is 11.4 Å². The van der Waals surface area contributed by atoms with Crippen molar-refractivity contribution in [1.82, 2.24) is 24.6 Å². The number of carbonyl (C=O) groups is 1. The number of aryl methyl sites for hydroxylation is 2. The maximum Gasteiger partial charge on any atom is 0.223 e. The molecule has 2 aromatic heterocycles. The second kappa shape index (κ2) is 9.35. The highest BCUT2D eigenvalue weighted by Gasteiger charge is 2.42. The van der Waals surface area contributed by atoms with Crippen LogP contribution in [0.15, 0.2) is 72.9 Å². The predicted octanol–water partition coefficient (Wildman–Crippen LogP) is 5.06. The SMILES string of the molecule is CN1C(=O)C[C@H](c2nc(-c3cccc(Cl)c3)nn2CCc2ccccn2)[C@H]1c1ccc(F)cc1. The highest BCUT2D eigenvalue weighted by Crippen LogP contribution is 2.43. The molecule has 0 unspecified atom stereocenters. The van der Waals surface area contributed by atoms with E-state index in [1.165, 1.54) is 12.1 Å². The molecule has 8 heteroatoms. The van der Waals surface area contributed by atoms with E-state index in [-0.39, 0.29) is 23.7 Å². The molecule has 4 aromatic rings. The summed E-state index contributed by atoms with van der Waals surface area (Å²) in [5, 5.41) is 5.40. The fourth-order valence-electron chi connectivity index (χ4n) is 4.53. The van der Waals surface area contributed by atoms with E-state index in [0.29, 0.717) is 30.2 Å². The first kappa shape index (κ1) is 22.2. The van der Waals surface area contributed by atoms with Crippen LogP contribution in [0, 0.1) is 5.82 Å². The van der Waals surface area contributed by atoms with E-state index in [1.807, 2.05) is 41.1 Å². The van der Waals surface area contributed by atoms with E-state index in [2.05, 4.69) is 4.98 Å². The van der Waals surface area contributed by atoms with Gasteiger partial charge in [-0.2, -0.15) is 5.10 Å². The zero-order valence-corrected chi connectivity index (χ0v) is 19.4. The maximum absolute atomic E-state index is 13.6. The zero-order valence-electron chi connectivity index (χ0n) is 18.6. The van der Waals surface area contributed by atoms with Gasteiger partial charge in [-0.05, 0) is 42.0 Å². The molecule has 1 saturated heterocycles. The van der Waals surface area contributed by atoms with Gasteiger partial charge in [-0.3, -0.25) is 9.78 Å². The number of hydrogen-bond donors (Lipinski definition) is 0. The third-order valence-corrected chi connectivity index (χ3v) is 6.45. The van der Waals surface area contributed by atoms with Crippen molar-refractivity contribution >= 4 is 17.5 Å². The van der Waals surface area contributed by atoms with Crippen LogP contribution in [0.2, 0.25) is 5.02 Å². The third-order valence-electron chi connectivity index (χ3n) is 6.22. The van der Waals surface area contributed by atoms with Crippen molar-refractivity contribution in [2.24, 2.45) is 0 Å². The minimum absolute atomic E-state index is 0.0166. The number of rotatable bonds is 6. The molecule has 2 aromatic carbocycles. The van der Waals surface area contributed by atoms with Crippen LogP contribution in [0.3, 0.4) is 0 Å². The van der Waals surface area contributed by atoms with Gasteiger partial charge < -0.3 is 4.90 Å².